The van der Waals surface area contributed by atoms with Crippen molar-refractivity contribution in [3.63, 3.8) is 0 Å². The molecule has 2 heterocycles. The molecule has 1 aromatic rings. The van der Waals surface area contributed by atoms with Crippen molar-refractivity contribution in [1.82, 2.24) is 9.55 Å². The third-order valence-electron chi connectivity index (χ3n) is 4.22. The fourth-order valence-electron chi connectivity index (χ4n) is 2.57. The van der Waals surface area contributed by atoms with E-state index in [0.29, 0.717) is 0 Å². The maximum Gasteiger partial charge on any atom is 0.330 e. The van der Waals surface area contributed by atoms with Crippen LogP contribution in [0.2, 0.25) is 0 Å². The Kier molecular flexibility index (Phi) is 6.83. The number of aryl methyl sites for hydroxylation is 1. The highest BCUT2D eigenvalue weighted by Gasteiger charge is 2.47. The van der Waals surface area contributed by atoms with E-state index in [-0.39, 0.29) is 18.3 Å². The van der Waals surface area contributed by atoms with E-state index in [0.717, 1.165) is 4.57 Å². The Morgan fingerprint density at radius 2 is 2.00 bits per heavy atom. The average Bonchev–Trinajstić information content (AvgIpc) is 2.85. The van der Waals surface area contributed by atoms with E-state index in [1.165, 1.54) is 27.0 Å². The number of aliphatic hydroxyl groups excluding tert-OH is 1. The Bertz CT molecular complexity index is 817. The van der Waals surface area contributed by atoms with Gasteiger partial charge in [-0.25, -0.2) is 4.79 Å². The van der Waals surface area contributed by atoms with Gasteiger partial charge in [-0.2, -0.15) is 0 Å². The highest BCUT2D eigenvalue weighted by atomic mass is 31.2. The van der Waals surface area contributed by atoms with Crippen LogP contribution in [-0.4, -0.2) is 51.3 Å². The lowest BCUT2D eigenvalue weighted by Gasteiger charge is -2.33. The first-order valence-electron chi connectivity index (χ1n) is 8.70. The van der Waals surface area contributed by atoms with Gasteiger partial charge in [-0.05, 0) is 20.8 Å². The van der Waals surface area contributed by atoms with Crippen LogP contribution < -0.4 is 16.1 Å². The SMILES string of the molecule is Cc1cn([C@@H]2O[C@H](COC(C)C)[C@H](OP(=O)([O-])C(C)C)C2O)c(=O)[nH]c1=O. The summed E-state index contributed by atoms with van der Waals surface area (Å²) in [6.07, 6.45) is -3.78. The van der Waals surface area contributed by atoms with E-state index in [1.54, 1.807) is 13.8 Å². The van der Waals surface area contributed by atoms with Crippen LogP contribution in [0.4, 0.5) is 0 Å². The van der Waals surface area contributed by atoms with Gasteiger partial charge in [0, 0.05) is 17.4 Å². The maximum absolute atomic E-state index is 12.2. The van der Waals surface area contributed by atoms with Gasteiger partial charge in [0.25, 0.3) is 5.56 Å². The summed E-state index contributed by atoms with van der Waals surface area (Å²) in [6, 6.07) is 0. The molecule has 10 nitrogen and oxygen atoms in total. The van der Waals surface area contributed by atoms with Crippen LogP contribution in [0.25, 0.3) is 0 Å². The number of hydrogen-bond donors (Lipinski definition) is 2. The molecule has 1 aliphatic rings. The van der Waals surface area contributed by atoms with E-state index in [9.17, 15) is 24.2 Å². The normalized spacial score (nSPS) is 28.0. The number of hydrogen-bond acceptors (Lipinski definition) is 8. The molecule has 0 saturated carbocycles. The van der Waals surface area contributed by atoms with Crippen molar-refractivity contribution in [3.05, 3.63) is 32.6 Å². The number of aromatic nitrogens is 2. The van der Waals surface area contributed by atoms with Gasteiger partial charge in [0.2, 0.25) is 0 Å². The number of H-pyrrole nitrogens is 1. The van der Waals surface area contributed by atoms with Crippen LogP contribution in [0.15, 0.2) is 15.8 Å². The number of nitrogens with zero attached hydrogens (tertiary/aromatic N) is 1. The van der Waals surface area contributed by atoms with Crippen molar-refractivity contribution >= 4 is 7.60 Å². The molecule has 154 valence electrons. The average molecular weight is 405 g/mol. The largest absolute Gasteiger partial charge is 0.778 e. The van der Waals surface area contributed by atoms with Crippen LogP contribution in [0.5, 0.6) is 0 Å². The molecule has 0 radical (unpaired) electrons. The molecule has 1 aromatic heterocycles. The maximum atomic E-state index is 12.2. The van der Waals surface area contributed by atoms with Crippen molar-refractivity contribution < 1.29 is 28.6 Å². The summed E-state index contributed by atoms with van der Waals surface area (Å²) in [4.78, 5) is 38.0. The van der Waals surface area contributed by atoms with Gasteiger partial charge in [0.1, 0.15) is 25.9 Å². The van der Waals surface area contributed by atoms with E-state index in [2.05, 4.69) is 4.98 Å². The Morgan fingerprint density at radius 1 is 1.37 bits per heavy atom. The molecule has 2 unspecified atom stereocenters. The summed E-state index contributed by atoms with van der Waals surface area (Å²) in [7, 11) is -4.27. The van der Waals surface area contributed by atoms with Gasteiger partial charge in [0.05, 0.1) is 12.7 Å². The molecule has 0 spiro atoms. The number of rotatable bonds is 7. The van der Waals surface area contributed by atoms with Gasteiger partial charge >= 0.3 is 5.69 Å². The molecule has 0 aromatic carbocycles. The van der Waals surface area contributed by atoms with Gasteiger partial charge in [-0.3, -0.25) is 14.3 Å². The second-order valence-corrected chi connectivity index (χ2v) is 9.44. The van der Waals surface area contributed by atoms with Crippen LogP contribution in [0.1, 0.15) is 39.5 Å². The summed E-state index contributed by atoms with van der Waals surface area (Å²) in [5, 5.41) is 10.7. The Hall–Kier alpha value is -1.29. The molecule has 1 fully saturated rings. The topological polar surface area (TPSA) is 143 Å². The second kappa shape index (κ2) is 8.38. The predicted octanol–water partition coefficient (Wildman–Crippen LogP) is -0.125. The van der Waals surface area contributed by atoms with E-state index < -0.39 is 49.0 Å². The van der Waals surface area contributed by atoms with Gasteiger partial charge < -0.3 is 28.6 Å². The van der Waals surface area contributed by atoms with Crippen molar-refractivity contribution in [2.75, 3.05) is 6.61 Å². The molecule has 2 rings (SSSR count). The molecule has 0 aliphatic carbocycles. The second-order valence-electron chi connectivity index (χ2n) is 7.12. The molecule has 0 amide bonds. The minimum Gasteiger partial charge on any atom is -0.778 e. The first-order chi connectivity index (χ1) is 12.4. The third-order valence-corrected chi connectivity index (χ3v) is 6.03. The number of ether oxygens (including phenoxy) is 2. The monoisotopic (exact) mass is 405 g/mol. The molecule has 11 heteroatoms. The molecule has 2 N–H and O–H groups in total. The van der Waals surface area contributed by atoms with Crippen molar-refractivity contribution in [2.24, 2.45) is 0 Å². The van der Waals surface area contributed by atoms with E-state index >= 15 is 0 Å². The lowest BCUT2D eigenvalue weighted by molar-refractivity contribution is -0.209. The van der Waals surface area contributed by atoms with E-state index in [4.69, 9.17) is 14.0 Å². The lowest BCUT2D eigenvalue weighted by Crippen LogP contribution is -2.40. The zero-order valence-corrected chi connectivity index (χ0v) is 16.8. The summed E-state index contributed by atoms with van der Waals surface area (Å²) >= 11 is 0. The molecule has 0 bridgehead atoms. The van der Waals surface area contributed by atoms with Crippen LogP contribution >= 0.6 is 7.60 Å². The smallest absolute Gasteiger partial charge is 0.330 e. The summed E-state index contributed by atoms with van der Waals surface area (Å²) in [5.74, 6) is 0. The number of nitrogens with one attached hydrogen (secondary N) is 1. The highest BCUT2D eigenvalue weighted by Crippen LogP contribution is 2.47. The van der Waals surface area contributed by atoms with E-state index in [1.807, 2.05) is 0 Å². The van der Waals surface area contributed by atoms with Crippen molar-refractivity contribution in [3.8, 4) is 0 Å². The van der Waals surface area contributed by atoms with Crippen LogP contribution in [0.3, 0.4) is 0 Å². The quantitative estimate of drug-likeness (QED) is 0.598. The fourth-order valence-corrected chi connectivity index (χ4v) is 3.41. The van der Waals surface area contributed by atoms with Gasteiger partial charge in [-0.1, -0.05) is 13.8 Å². The zero-order chi connectivity index (χ0) is 20.5. The zero-order valence-electron chi connectivity index (χ0n) is 15.9. The standard InChI is InChI=1S/C16H27N2O8P/c1-8(2)24-7-11-13(26-27(22,23)9(3)4)12(19)15(25-11)18-6-10(5)14(20)17-16(18)21/h6,8-9,11-13,15,19H,7H2,1-5H3,(H,22,23)(H,17,20,21)/p-1/t11-,12?,13+,15-/m1/s1. The highest BCUT2D eigenvalue weighted by molar-refractivity contribution is 7.52. The fraction of sp³-hybridized carbons (Fsp3) is 0.750. The first-order valence-corrected chi connectivity index (χ1v) is 10.3. The first kappa shape index (κ1) is 22.0. The predicted molar refractivity (Wildman–Crippen MR) is 94.7 cm³/mol. The van der Waals surface area contributed by atoms with Crippen LogP contribution in [-0.2, 0) is 18.6 Å². The van der Waals surface area contributed by atoms with Gasteiger partial charge in [0.15, 0.2) is 6.23 Å². The minimum atomic E-state index is -4.27. The van der Waals surface area contributed by atoms with Crippen molar-refractivity contribution in [2.45, 2.75) is 70.9 Å². The lowest BCUT2D eigenvalue weighted by atomic mass is 10.1. The summed E-state index contributed by atoms with van der Waals surface area (Å²) in [5.41, 5.74) is -1.90. The van der Waals surface area contributed by atoms with Crippen LogP contribution in [0, 0.1) is 6.92 Å². The summed E-state index contributed by atoms with van der Waals surface area (Å²) < 4.78 is 29.6. The molecular weight excluding hydrogens is 379 g/mol. The summed E-state index contributed by atoms with van der Waals surface area (Å²) in [6.45, 7) is 7.97. The molecule has 1 saturated heterocycles. The number of aliphatic hydroxyl groups is 1. The molecular formula is C16H26N2O8P-. The molecule has 1 aliphatic heterocycles. The molecule has 27 heavy (non-hydrogen) atoms. The Labute approximate surface area is 156 Å². The third kappa shape index (κ3) is 4.96. The number of aromatic amines is 1. The van der Waals surface area contributed by atoms with Gasteiger partial charge in [-0.15, -0.1) is 0 Å². The van der Waals surface area contributed by atoms with Crippen molar-refractivity contribution in [1.29, 1.82) is 0 Å². The Balaban J connectivity index is 2.36. The molecule has 5 atom stereocenters. The Morgan fingerprint density at radius 3 is 2.56 bits per heavy atom. The minimum absolute atomic E-state index is 0.0366.